The second-order valence-corrected chi connectivity index (χ2v) is 10.8. The number of nitrogens with one attached hydrogen (secondary N) is 2. The zero-order valence-electron chi connectivity index (χ0n) is 24.1. The van der Waals surface area contributed by atoms with Crippen LogP contribution in [0.4, 0.5) is 0 Å². The van der Waals surface area contributed by atoms with Crippen LogP contribution in [0.5, 0.6) is 5.75 Å². The van der Waals surface area contributed by atoms with Crippen LogP contribution < -0.4 is 10.1 Å². The lowest BCUT2D eigenvalue weighted by Gasteiger charge is -2.24. The van der Waals surface area contributed by atoms with Crippen LogP contribution >= 0.6 is 0 Å². The average Bonchev–Trinajstić information content (AvgIpc) is 3.58. The molecule has 0 aliphatic carbocycles. The van der Waals surface area contributed by atoms with Crippen molar-refractivity contribution in [1.29, 1.82) is 0 Å². The lowest BCUT2D eigenvalue weighted by molar-refractivity contribution is -0.192. The Balaban J connectivity index is 1.26. The van der Waals surface area contributed by atoms with E-state index in [2.05, 4.69) is 22.1 Å². The van der Waals surface area contributed by atoms with Gasteiger partial charge in [-0.1, -0.05) is 41.7 Å². The van der Waals surface area contributed by atoms with Gasteiger partial charge in [-0.3, -0.25) is 9.63 Å². The first-order valence-electron chi connectivity index (χ1n) is 14.2. The van der Waals surface area contributed by atoms with Crippen LogP contribution in [0, 0.1) is 24.7 Å². The summed E-state index contributed by atoms with van der Waals surface area (Å²) in [6.07, 6.45) is 0.992. The van der Waals surface area contributed by atoms with Gasteiger partial charge in [-0.05, 0) is 73.9 Å². The maximum absolute atomic E-state index is 13.5. The molecule has 2 heterocycles. The summed E-state index contributed by atoms with van der Waals surface area (Å²) in [5.41, 5.74) is 6.00. The van der Waals surface area contributed by atoms with Crippen LogP contribution in [0.25, 0.3) is 10.9 Å². The number of rotatable bonds is 9. The number of H-pyrrole nitrogens is 1. The molecule has 1 saturated heterocycles. The summed E-state index contributed by atoms with van der Waals surface area (Å²) in [4.78, 5) is 22.8. The zero-order valence-corrected chi connectivity index (χ0v) is 24.1. The zero-order chi connectivity index (χ0) is 29.6. The second-order valence-electron chi connectivity index (χ2n) is 10.8. The SMILES string of the molecule is COc1ccc2[nH]cc(CCNC(=O)C3[C@H](CO)[C@H]([C@H](C)O)ON3Cc3ccc(C#Cc4ccc(C)cc4)cc3)c2c1. The quantitative estimate of drug-likeness (QED) is 0.230. The van der Waals surface area contributed by atoms with Crippen molar-refractivity contribution in [2.24, 2.45) is 5.92 Å². The van der Waals surface area contributed by atoms with E-state index in [1.807, 2.05) is 79.9 Å². The van der Waals surface area contributed by atoms with Gasteiger partial charge < -0.3 is 25.3 Å². The number of fused-ring (bicyclic) bond motifs is 1. The molecule has 1 amide bonds. The molecule has 1 aromatic heterocycles. The number of amides is 1. The molecule has 0 spiro atoms. The number of carbonyl (C=O) groups is 1. The van der Waals surface area contributed by atoms with Gasteiger partial charge in [-0.25, -0.2) is 0 Å². The number of nitrogens with zero attached hydrogens (tertiary/aromatic N) is 1. The molecule has 4 N–H and O–H groups in total. The molecule has 42 heavy (non-hydrogen) atoms. The fourth-order valence-corrected chi connectivity index (χ4v) is 5.37. The van der Waals surface area contributed by atoms with Crippen LogP contribution in [-0.4, -0.2) is 64.7 Å². The van der Waals surface area contributed by atoms with Crippen molar-refractivity contribution in [3.63, 3.8) is 0 Å². The van der Waals surface area contributed by atoms with Crippen molar-refractivity contribution in [3.05, 3.63) is 101 Å². The lowest BCUT2D eigenvalue weighted by atomic mass is 9.92. The third-order valence-electron chi connectivity index (χ3n) is 7.71. The molecule has 1 fully saturated rings. The Morgan fingerprint density at radius 3 is 2.43 bits per heavy atom. The summed E-state index contributed by atoms with van der Waals surface area (Å²) in [6, 6.07) is 20.9. The summed E-state index contributed by atoms with van der Waals surface area (Å²) < 4.78 is 5.36. The average molecular weight is 568 g/mol. The van der Waals surface area contributed by atoms with Crippen molar-refractivity contribution < 1.29 is 24.6 Å². The second kappa shape index (κ2) is 13.2. The normalized spacial score (nSPS) is 19.3. The fraction of sp³-hybridized carbons (Fsp3) is 0.324. The summed E-state index contributed by atoms with van der Waals surface area (Å²) in [5, 5.41) is 26.2. The predicted molar refractivity (Wildman–Crippen MR) is 162 cm³/mol. The summed E-state index contributed by atoms with van der Waals surface area (Å²) in [5.74, 6) is 6.30. The predicted octanol–water partition coefficient (Wildman–Crippen LogP) is 3.72. The van der Waals surface area contributed by atoms with Gasteiger partial charge in [-0.15, -0.1) is 0 Å². The number of aromatic nitrogens is 1. The molecule has 3 aromatic carbocycles. The molecule has 8 heteroatoms. The van der Waals surface area contributed by atoms with E-state index in [1.165, 1.54) is 5.56 Å². The highest BCUT2D eigenvalue weighted by Gasteiger charge is 2.48. The van der Waals surface area contributed by atoms with Crippen LogP contribution in [0.15, 0.2) is 72.9 Å². The number of benzene rings is 3. The molecule has 1 aliphatic heterocycles. The molecule has 1 aliphatic rings. The molecular weight excluding hydrogens is 530 g/mol. The van der Waals surface area contributed by atoms with Crippen LogP contribution in [-0.2, 0) is 22.6 Å². The molecule has 4 aromatic rings. The van der Waals surface area contributed by atoms with Gasteiger partial charge in [0.15, 0.2) is 0 Å². The number of aliphatic hydroxyl groups is 2. The van der Waals surface area contributed by atoms with E-state index in [0.29, 0.717) is 19.5 Å². The molecule has 0 radical (unpaired) electrons. The van der Waals surface area contributed by atoms with Crippen molar-refractivity contribution in [2.75, 3.05) is 20.3 Å². The Morgan fingerprint density at radius 1 is 1.10 bits per heavy atom. The van der Waals surface area contributed by atoms with Gasteiger partial charge in [0, 0.05) is 40.7 Å². The van der Waals surface area contributed by atoms with E-state index in [-0.39, 0.29) is 12.5 Å². The standard InChI is InChI=1S/C34H37N3O5/c1-22-4-6-24(7-5-22)8-9-25-10-12-26(13-11-25)20-37-32(30(21-38)33(42-37)23(2)39)34(40)35-17-16-27-19-36-31-15-14-28(41-3)18-29(27)31/h4-7,10-15,18-19,23,30,32-33,36,38-39H,16-17,20-21H2,1-3H3,(H,35,40)/t23-,30-,32?,33-/m0/s1. The van der Waals surface area contributed by atoms with Gasteiger partial charge in [-0.2, -0.15) is 5.06 Å². The van der Waals surface area contributed by atoms with Crippen LogP contribution in [0.3, 0.4) is 0 Å². The van der Waals surface area contributed by atoms with E-state index < -0.39 is 24.2 Å². The first-order chi connectivity index (χ1) is 20.4. The van der Waals surface area contributed by atoms with Gasteiger partial charge in [0.05, 0.1) is 26.4 Å². The van der Waals surface area contributed by atoms with Gasteiger partial charge in [0.25, 0.3) is 0 Å². The van der Waals surface area contributed by atoms with Crippen LogP contribution in [0.2, 0.25) is 0 Å². The smallest absolute Gasteiger partial charge is 0.240 e. The summed E-state index contributed by atoms with van der Waals surface area (Å²) in [6.45, 7) is 4.08. The number of aryl methyl sites for hydroxylation is 1. The number of ether oxygens (including phenoxy) is 1. The van der Waals surface area contributed by atoms with E-state index in [1.54, 1.807) is 19.1 Å². The maximum atomic E-state index is 13.5. The van der Waals surface area contributed by atoms with Crippen molar-refractivity contribution in [3.8, 4) is 17.6 Å². The number of carbonyl (C=O) groups excluding carboxylic acids is 1. The number of hydrogen-bond donors (Lipinski definition) is 4. The maximum Gasteiger partial charge on any atom is 0.240 e. The highest BCUT2D eigenvalue weighted by Crippen LogP contribution is 2.31. The third kappa shape index (κ3) is 6.67. The minimum absolute atomic E-state index is 0.254. The first kappa shape index (κ1) is 29.4. The molecule has 4 atom stereocenters. The molecule has 5 rings (SSSR count). The molecule has 0 saturated carbocycles. The Labute approximate surface area is 246 Å². The highest BCUT2D eigenvalue weighted by molar-refractivity contribution is 5.85. The Morgan fingerprint density at radius 2 is 1.79 bits per heavy atom. The third-order valence-corrected chi connectivity index (χ3v) is 7.71. The molecule has 218 valence electrons. The number of aromatic amines is 1. The number of hydroxylamine groups is 2. The van der Waals surface area contributed by atoms with Crippen molar-refractivity contribution >= 4 is 16.8 Å². The van der Waals surface area contributed by atoms with E-state index in [0.717, 1.165) is 38.9 Å². The lowest BCUT2D eigenvalue weighted by Crippen LogP contribution is -2.48. The molecule has 0 bridgehead atoms. The summed E-state index contributed by atoms with van der Waals surface area (Å²) >= 11 is 0. The minimum atomic E-state index is -0.858. The van der Waals surface area contributed by atoms with Crippen LogP contribution in [0.1, 0.15) is 34.7 Å². The largest absolute Gasteiger partial charge is 0.497 e. The van der Waals surface area contributed by atoms with Crippen molar-refractivity contribution in [2.45, 2.75) is 45.1 Å². The van der Waals surface area contributed by atoms with Crippen molar-refractivity contribution in [1.82, 2.24) is 15.4 Å². The van der Waals surface area contributed by atoms with Gasteiger partial charge >= 0.3 is 0 Å². The van der Waals surface area contributed by atoms with Gasteiger partial charge in [0.1, 0.15) is 17.9 Å². The van der Waals surface area contributed by atoms with E-state index >= 15 is 0 Å². The number of methoxy groups -OCH3 is 1. The Bertz CT molecular complexity index is 1570. The molecular formula is C34H37N3O5. The number of aliphatic hydroxyl groups excluding tert-OH is 2. The molecule has 1 unspecified atom stereocenters. The van der Waals surface area contributed by atoms with E-state index in [4.69, 9.17) is 9.57 Å². The monoisotopic (exact) mass is 567 g/mol. The fourth-order valence-electron chi connectivity index (χ4n) is 5.37. The number of hydrogen-bond acceptors (Lipinski definition) is 6. The highest BCUT2D eigenvalue weighted by atomic mass is 16.7. The van der Waals surface area contributed by atoms with E-state index in [9.17, 15) is 15.0 Å². The first-order valence-corrected chi connectivity index (χ1v) is 14.2. The molecule has 8 nitrogen and oxygen atoms in total. The topological polar surface area (TPSA) is 107 Å². The Kier molecular flexibility index (Phi) is 9.25. The summed E-state index contributed by atoms with van der Waals surface area (Å²) in [7, 11) is 1.64. The minimum Gasteiger partial charge on any atom is -0.497 e. The van der Waals surface area contributed by atoms with Gasteiger partial charge in [0.2, 0.25) is 5.91 Å². The Hall–Kier alpha value is -4.13.